The van der Waals surface area contributed by atoms with E-state index in [0.29, 0.717) is 15.5 Å². The number of hydrogen-bond donors (Lipinski definition) is 2. The summed E-state index contributed by atoms with van der Waals surface area (Å²) in [5.74, 6) is -2.03. The van der Waals surface area contributed by atoms with Crippen LogP contribution >= 0.6 is 24.1 Å². The first-order valence-corrected chi connectivity index (χ1v) is 17.8. The molecule has 0 saturated carbocycles. The van der Waals surface area contributed by atoms with E-state index >= 15 is 0 Å². The minimum absolute atomic E-state index is 0. The summed E-state index contributed by atoms with van der Waals surface area (Å²) in [6.07, 6.45) is 0. The maximum atomic E-state index is 11.5. The van der Waals surface area contributed by atoms with Crippen molar-refractivity contribution in [3.63, 3.8) is 0 Å². The molecule has 18 heteroatoms. The van der Waals surface area contributed by atoms with Gasteiger partial charge in [0, 0.05) is 48.3 Å². The molecule has 0 radical (unpaired) electrons. The molecule has 8 aromatic carbocycles. The average Bonchev–Trinajstić information content (AvgIpc) is 3.15. The molecule has 288 valence electrons. The van der Waals surface area contributed by atoms with Gasteiger partial charge in [0.25, 0.3) is 0 Å². The molecule has 0 aliphatic rings. The molecule has 2 N–H and O–H groups in total. The number of aliphatic carboxylic acids is 1. The van der Waals surface area contributed by atoms with Crippen molar-refractivity contribution in [1.82, 2.24) is 0 Å². The topological polar surface area (TPSA) is 210 Å². The van der Waals surface area contributed by atoms with Crippen LogP contribution in [0.4, 0.5) is 0 Å². The van der Waals surface area contributed by atoms with Crippen molar-refractivity contribution in [2.45, 2.75) is 37.5 Å². The third-order valence-corrected chi connectivity index (χ3v) is 9.29. The largest absolute Gasteiger partial charge is 1.00 e. The van der Waals surface area contributed by atoms with Crippen molar-refractivity contribution in [2.75, 3.05) is 0 Å². The van der Waals surface area contributed by atoms with Gasteiger partial charge in [-0.15, -0.1) is 4.33 Å². The second kappa shape index (κ2) is 22.5. The number of ether oxygens (including phenoxy) is 2. The van der Waals surface area contributed by atoms with Gasteiger partial charge in [-0.1, -0.05) is 83.9 Å². The Morgan fingerprint density at radius 2 is 0.983 bits per heavy atom. The van der Waals surface area contributed by atoms with Gasteiger partial charge in [-0.3, -0.25) is 19.4 Å². The minimum Gasteiger partial charge on any atom is -0.691 e. The summed E-state index contributed by atoms with van der Waals surface area (Å²) in [6.45, 7) is 4.69. The molecule has 0 unspecified atom stereocenters. The van der Waals surface area contributed by atoms with E-state index in [4.69, 9.17) is 19.9 Å². The molecule has 58 heavy (non-hydrogen) atoms. The fraction of sp³-hybridized carbons (Fsp3) is 0.100. The third-order valence-electron chi connectivity index (χ3n) is 8.00. The van der Waals surface area contributed by atoms with Crippen LogP contribution in [0.5, 0.6) is 11.5 Å². The van der Waals surface area contributed by atoms with Gasteiger partial charge in [0.05, 0.1) is 33.9 Å². The van der Waals surface area contributed by atoms with Gasteiger partial charge < -0.3 is 29.7 Å². The second-order valence-electron chi connectivity index (χ2n) is 11.7. The monoisotopic (exact) mass is 844 g/mol. The second-order valence-corrected chi connectivity index (χ2v) is 13.2. The van der Waals surface area contributed by atoms with Gasteiger partial charge in [0.2, 0.25) is 0 Å². The summed E-state index contributed by atoms with van der Waals surface area (Å²) in [4.78, 5) is 41.3. The molecule has 0 aromatic heterocycles. The molecular formula is C40H30Na2O14S2. The van der Waals surface area contributed by atoms with Gasteiger partial charge in [-0.25, -0.2) is 5.26 Å². The van der Waals surface area contributed by atoms with Crippen molar-refractivity contribution in [3.8, 4) is 11.5 Å². The van der Waals surface area contributed by atoms with Crippen molar-refractivity contribution in [2.24, 2.45) is 0 Å². The van der Waals surface area contributed by atoms with E-state index in [1.807, 2.05) is 84.9 Å². The van der Waals surface area contributed by atoms with E-state index in [1.165, 1.54) is 20.8 Å². The molecule has 0 saturated heterocycles. The third kappa shape index (κ3) is 11.7. The molecular weight excluding hydrogens is 815 g/mol. The molecule has 0 atom stereocenters. The number of aromatic hydroxyl groups is 1. The van der Waals surface area contributed by atoms with Crippen molar-refractivity contribution in [3.05, 3.63) is 97.1 Å². The zero-order chi connectivity index (χ0) is 40.5. The first-order valence-electron chi connectivity index (χ1n) is 16.3. The summed E-state index contributed by atoms with van der Waals surface area (Å²) in [5.41, 5.74) is 0. The average molecular weight is 845 g/mol. The van der Waals surface area contributed by atoms with Gasteiger partial charge in [-0.2, -0.15) is 4.33 Å². The predicted octanol–water partition coefficient (Wildman–Crippen LogP) is 1.32. The summed E-state index contributed by atoms with van der Waals surface area (Å²) in [5, 5.41) is 56.8. The Labute approximate surface area is 382 Å². The van der Waals surface area contributed by atoms with Crippen molar-refractivity contribution >= 4 is 113 Å². The van der Waals surface area contributed by atoms with E-state index in [9.17, 15) is 24.7 Å². The Hall–Kier alpha value is -3.82. The molecule has 0 aliphatic carbocycles. The number of rotatable bonds is 7. The Morgan fingerprint density at radius 1 is 0.569 bits per heavy atom. The van der Waals surface area contributed by atoms with Crippen LogP contribution in [-0.2, 0) is 42.7 Å². The number of carboxylic acid groups (broad SMARTS) is 1. The first kappa shape index (κ1) is 48.5. The van der Waals surface area contributed by atoms with E-state index < -0.39 is 23.9 Å². The number of phenols is 1. The predicted molar refractivity (Wildman–Crippen MR) is 205 cm³/mol. The van der Waals surface area contributed by atoms with Crippen LogP contribution in [-0.4, -0.2) is 34.2 Å². The van der Waals surface area contributed by atoms with Crippen LogP contribution < -0.4 is 74.2 Å². The number of carbonyl (C=O) groups excluding carboxylic acids is 4. The molecule has 0 aliphatic heterocycles. The first-order chi connectivity index (χ1) is 26.8. The van der Waals surface area contributed by atoms with E-state index in [1.54, 1.807) is 12.1 Å². The fourth-order valence-corrected chi connectivity index (χ4v) is 7.27. The number of phenolic OH excluding ortho intramolecular Hbond substituents is 1. The molecule has 0 spiro atoms. The van der Waals surface area contributed by atoms with Crippen LogP contribution in [0.15, 0.2) is 107 Å². The molecule has 0 amide bonds. The Balaban J connectivity index is 0.000000242. The van der Waals surface area contributed by atoms with Crippen LogP contribution in [0.2, 0.25) is 0 Å². The van der Waals surface area contributed by atoms with Gasteiger partial charge >= 0.3 is 77.0 Å². The van der Waals surface area contributed by atoms with Crippen LogP contribution in [0.25, 0.3) is 64.6 Å². The zero-order valence-corrected chi connectivity index (χ0v) is 37.5. The summed E-state index contributed by atoms with van der Waals surface area (Å²) >= 11 is 1.64. The molecule has 8 aromatic rings. The van der Waals surface area contributed by atoms with Crippen LogP contribution in [0.3, 0.4) is 0 Å². The van der Waals surface area contributed by atoms with Crippen LogP contribution in [0.1, 0.15) is 27.7 Å². The summed E-state index contributed by atoms with van der Waals surface area (Å²) in [6, 6.07) is 31.3. The number of benzene rings is 8. The molecule has 8 rings (SSSR count). The molecule has 14 nitrogen and oxygen atoms in total. The maximum absolute atomic E-state index is 11.5. The summed E-state index contributed by atoms with van der Waals surface area (Å²) < 4.78 is 18.4. The Kier molecular flexibility index (Phi) is 18.9. The van der Waals surface area contributed by atoms with E-state index in [2.05, 4.69) is 23.5 Å². The van der Waals surface area contributed by atoms with Gasteiger partial charge in [0.1, 0.15) is 11.5 Å². The normalized spacial score (nSPS) is 10.4. The van der Waals surface area contributed by atoms with Crippen molar-refractivity contribution in [1.29, 1.82) is 0 Å². The number of esters is 3. The number of hydrogen-bond acceptors (Lipinski definition) is 16. The van der Waals surface area contributed by atoms with Crippen molar-refractivity contribution < 1.29 is 127 Å². The maximum Gasteiger partial charge on any atom is 1.00 e. The standard InChI is InChI=1S/C18H12O5S.C16H10O4S.C4H6O3.C2H4O2.2Na/c1-10(19)21-15-9-16(24-23-22-20)14-8-6-12-4-2-3-11-5-7-13(15)18(14)17(11)12;17-13-8-14(21-20-19-18)12-7-5-10-3-1-2-9-4-6-11(13)16(12)15(9)10;1-3(5)7-4(2)6;1-2(3)4;;/h2-9,20H,1H3;1-8,17-18H;1-2H3;1H3,(H,3,4);;/q;;;;2*+1/p-2. The molecule has 0 fully saturated rings. The van der Waals surface area contributed by atoms with E-state index in [-0.39, 0.29) is 64.9 Å². The SMILES string of the molecule is CC(=O)OC(C)=O.CC(=O)Oc1cc(SOO[O-])c2ccc3cccc4ccc1c2c43.CC(=O)[O-].OOOSc1cc(O)c2ccc3cccc4ccc1c2c34.[Na+].[Na+]. The summed E-state index contributed by atoms with van der Waals surface area (Å²) in [7, 11) is 0. The Bertz CT molecular complexity index is 2640. The molecule has 0 heterocycles. The minimum atomic E-state index is -1.08. The Morgan fingerprint density at radius 3 is 1.40 bits per heavy atom. The number of carboxylic acids is 1. The smallest absolute Gasteiger partial charge is 0.691 e. The molecule has 0 bridgehead atoms. The fourth-order valence-electron chi connectivity index (χ4n) is 6.23. The van der Waals surface area contributed by atoms with E-state index in [0.717, 1.165) is 95.6 Å². The zero-order valence-electron chi connectivity index (χ0n) is 31.8. The number of carbonyl (C=O) groups is 4. The van der Waals surface area contributed by atoms with Crippen LogP contribution in [0, 0.1) is 0 Å². The van der Waals surface area contributed by atoms with Gasteiger partial charge in [-0.05, 0) is 68.2 Å². The van der Waals surface area contributed by atoms with Gasteiger partial charge in [0.15, 0.2) is 0 Å². The quantitative estimate of drug-likeness (QED) is 0.0339.